The van der Waals surface area contributed by atoms with Crippen molar-refractivity contribution in [1.29, 1.82) is 0 Å². The largest absolute Gasteiger partial charge is 0.494 e. The highest BCUT2D eigenvalue weighted by Gasteiger charge is 1.98. The Balaban J connectivity index is 2.71. The van der Waals surface area contributed by atoms with Crippen LogP contribution in [0.25, 0.3) is 5.57 Å². The van der Waals surface area contributed by atoms with Crippen molar-refractivity contribution in [3.8, 4) is 5.75 Å². The van der Waals surface area contributed by atoms with Gasteiger partial charge >= 0.3 is 0 Å². The SMILES string of the molecule is CCCOc1ccc(/C(C)=C/C(C)O)cc1. The quantitative estimate of drug-likeness (QED) is 0.825. The molecule has 0 amide bonds. The first-order valence-electron chi connectivity index (χ1n) is 5.73. The fourth-order valence-electron chi connectivity index (χ4n) is 1.49. The molecule has 0 saturated heterocycles. The van der Waals surface area contributed by atoms with Gasteiger partial charge in [0.1, 0.15) is 5.75 Å². The maximum Gasteiger partial charge on any atom is 0.119 e. The van der Waals surface area contributed by atoms with E-state index in [9.17, 15) is 5.11 Å². The monoisotopic (exact) mass is 220 g/mol. The Kier molecular flexibility index (Phi) is 5.06. The standard InChI is InChI=1S/C14H20O2/c1-4-9-16-14-7-5-13(6-8-14)11(2)10-12(3)15/h5-8,10,12,15H,4,9H2,1-3H3/b11-10+. The van der Waals surface area contributed by atoms with Crippen molar-refractivity contribution in [3.05, 3.63) is 35.9 Å². The van der Waals surface area contributed by atoms with Crippen LogP contribution in [-0.4, -0.2) is 17.8 Å². The molecule has 0 radical (unpaired) electrons. The van der Waals surface area contributed by atoms with E-state index in [1.165, 1.54) is 0 Å². The fraction of sp³-hybridized carbons (Fsp3) is 0.429. The van der Waals surface area contributed by atoms with Gasteiger partial charge in [0.05, 0.1) is 12.7 Å². The molecular formula is C14H20O2. The zero-order valence-corrected chi connectivity index (χ0v) is 10.2. The molecule has 0 aromatic heterocycles. The van der Waals surface area contributed by atoms with E-state index in [1.807, 2.05) is 37.3 Å². The van der Waals surface area contributed by atoms with E-state index in [4.69, 9.17) is 4.74 Å². The molecule has 0 spiro atoms. The molecule has 0 fully saturated rings. The summed E-state index contributed by atoms with van der Waals surface area (Å²) in [5.74, 6) is 0.899. The first-order valence-corrected chi connectivity index (χ1v) is 5.73. The highest BCUT2D eigenvalue weighted by Crippen LogP contribution is 2.18. The number of hydrogen-bond acceptors (Lipinski definition) is 2. The maximum absolute atomic E-state index is 9.25. The van der Waals surface area contributed by atoms with Crippen molar-refractivity contribution in [2.75, 3.05) is 6.61 Å². The van der Waals surface area contributed by atoms with Crippen LogP contribution in [0.5, 0.6) is 5.75 Å². The Hall–Kier alpha value is -1.28. The van der Waals surface area contributed by atoms with Crippen LogP contribution in [0.3, 0.4) is 0 Å². The fourth-order valence-corrected chi connectivity index (χ4v) is 1.49. The molecule has 1 rings (SSSR count). The van der Waals surface area contributed by atoms with Crippen molar-refractivity contribution in [2.24, 2.45) is 0 Å². The van der Waals surface area contributed by atoms with E-state index in [0.717, 1.165) is 29.9 Å². The Morgan fingerprint density at radius 3 is 2.50 bits per heavy atom. The van der Waals surface area contributed by atoms with Gasteiger partial charge in [0, 0.05) is 0 Å². The lowest BCUT2D eigenvalue weighted by atomic mass is 10.1. The van der Waals surface area contributed by atoms with Crippen molar-refractivity contribution >= 4 is 5.57 Å². The van der Waals surface area contributed by atoms with Gasteiger partial charge in [0.15, 0.2) is 0 Å². The highest BCUT2D eigenvalue weighted by atomic mass is 16.5. The van der Waals surface area contributed by atoms with Crippen LogP contribution in [0, 0.1) is 0 Å². The summed E-state index contributed by atoms with van der Waals surface area (Å²) in [6.07, 6.45) is 2.45. The van der Waals surface area contributed by atoms with Crippen LogP contribution in [0.4, 0.5) is 0 Å². The third-order valence-electron chi connectivity index (χ3n) is 2.27. The van der Waals surface area contributed by atoms with E-state index < -0.39 is 6.10 Å². The van der Waals surface area contributed by atoms with Crippen LogP contribution in [0.15, 0.2) is 30.3 Å². The maximum atomic E-state index is 9.25. The Bertz CT molecular complexity index is 336. The molecule has 0 bridgehead atoms. The molecule has 16 heavy (non-hydrogen) atoms. The van der Waals surface area contributed by atoms with E-state index >= 15 is 0 Å². The van der Waals surface area contributed by atoms with Crippen molar-refractivity contribution in [2.45, 2.75) is 33.3 Å². The first kappa shape index (κ1) is 12.8. The molecule has 0 aliphatic carbocycles. The lowest BCUT2D eigenvalue weighted by Gasteiger charge is -2.07. The minimum atomic E-state index is -0.406. The number of benzene rings is 1. The Morgan fingerprint density at radius 2 is 2.00 bits per heavy atom. The summed E-state index contributed by atoms with van der Waals surface area (Å²) in [4.78, 5) is 0. The number of aliphatic hydroxyl groups excluding tert-OH is 1. The first-order chi connectivity index (χ1) is 7.63. The number of hydrogen-bond donors (Lipinski definition) is 1. The van der Waals surface area contributed by atoms with Crippen molar-refractivity contribution in [1.82, 2.24) is 0 Å². The number of ether oxygens (including phenoxy) is 1. The van der Waals surface area contributed by atoms with Gasteiger partial charge in [-0.15, -0.1) is 0 Å². The average Bonchev–Trinajstić information content (AvgIpc) is 2.26. The molecule has 88 valence electrons. The summed E-state index contributed by atoms with van der Waals surface area (Å²) in [6, 6.07) is 7.95. The van der Waals surface area contributed by atoms with Crippen LogP contribution in [0.1, 0.15) is 32.8 Å². The van der Waals surface area contributed by atoms with Gasteiger partial charge in [-0.3, -0.25) is 0 Å². The molecule has 1 aromatic carbocycles. The van der Waals surface area contributed by atoms with Gasteiger partial charge in [0.25, 0.3) is 0 Å². The normalized spacial score (nSPS) is 13.6. The lowest BCUT2D eigenvalue weighted by molar-refractivity contribution is 0.244. The zero-order valence-electron chi connectivity index (χ0n) is 10.2. The summed E-state index contributed by atoms with van der Waals surface area (Å²) >= 11 is 0. The predicted molar refractivity (Wildman–Crippen MR) is 67.6 cm³/mol. The van der Waals surface area contributed by atoms with E-state index in [-0.39, 0.29) is 0 Å². The molecule has 1 aromatic rings. The second kappa shape index (κ2) is 6.33. The van der Waals surface area contributed by atoms with Gasteiger partial charge < -0.3 is 9.84 Å². The van der Waals surface area contributed by atoms with Crippen LogP contribution in [0.2, 0.25) is 0 Å². The van der Waals surface area contributed by atoms with Gasteiger partial charge in [-0.1, -0.05) is 25.1 Å². The van der Waals surface area contributed by atoms with Crippen LogP contribution in [-0.2, 0) is 0 Å². The molecule has 2 nitrogen and oxygen atoms in total. The number of allylic oxidation sites excluding steroid dienone is 1. The number of rotatable bonds is 5. The van der Waals surface area contributed by atoms with E-state index in [2.05, 4.69) is 6.92 Å². The summed E-state index contributed by atoms with van der Waals surface area (Å²) < 4.78 is 5.50. The molecule has 0 saturated carbocycles. The zero-order chi connectivity index (χ0) is 12.0. The molecule has 1 atom stereocenters. The summed E-state index contributed by atoms with van der Waals surface area (Å²) in [5.41, 5.74) is 2.20. The highest BCUT2D eigenvalue weighted by molar-refractivity contribution is 5.64. The minimum absolute atomic E-state index is 0.406. The third-order valence-corrected chi connectivity index (χ3v) is 2.27. The van der Waals surface area contributed by atoms with Gasteiger partial charge in [-0.05, 0) is 43.5 Å². The minimum Gasteiger partial charge on any atom is -0.494 e. The molecule has 2 heteroatoms. The molecule has 0 aliphatic rings. The Labute approximate surface area is 97.6 Å². The summed E-state index contributed by atoms with van der Waals surface area (Å²) in [5, 5.41) is 9.25. The van der Waals surface area contributed by atoms with E-state index in [1.54, 1.807) is 6.92 Å². The van der Waals surface area contributed by atoms with Gasteiger partial charge in [-0.2, -0.15) is 0 Å². The van der Waals surface area contributed by atoms with Gasteiger partial charge in [0.2, 0.25) is 0 Å². The van der Waals surface area contributed by atoms with Gasteiger partial charge in [-0.25, -0.2) is 0 Å². The summed E-state index contributed by atoms with van der Waals surface area (Å²) in [6.45, 7) is 6.59. The smallest absolute Gasteiger partial charge is 0.119 e. The lowest BCUT2D eigenvalue weighted by Crippen LogP contribution is -1.96. The van der Waals surface area contributed by atoms with E-state index in [0.29, 0.717) is 0 Å². The van der Waals surface area contributed by atoms with Crippen LogP contribution < -0.4 is 4.74 Å². The molecule has 1 N–H and O–H groups in total. The van der Waals surface area contributed by atoms with Crippen LogP contribution >= 0.6 is 0 Å². The predicted octanol–water partition coefficient (Wildman–Crippen LogP) is 3.26. The van der Waals surface area contributed by atoms with Crippen molar-refractivity contribution < 1.29 is 9.84 Å². The Morgan fingerprint density at radius 1 is 1.38 bits per heavy atom. The molecular weight excluding hydrogens is 200 g/mol. The second-order valence-electron chi connectivity index (χ2n) is 3.96. The third kappa shape index (κ3) is 4.07. The topological polar surface area (TPSA) is 29.5 Å². The molecule has 1 unspecified atom stereocenters. The number of aliphatic hydroxyl groups is 1. The average molecular weight is 220 g/mol. The second-order valence-corrected chi connectivity index (χ2v) is 3.96. The molecule has 0 heterocycles. The summed E-state index contributed by atoms with van der Waals surface area (Å²) in [7, 11) is 0. The van der Waals surface area contributed by atoms with Crippen molar-refractivity contribution in [3.63, 3.8) is 0 Å². The molecule has 0 aliphatic heterocycles.